The maximum Gasteiger partial charge on any atom is 0.0701 e. The van der Waals surface area contributed by atoms with Gasteiger partial charge in [-0.25, -0.2) is 0 Å². The minimum Gasteiger partial charge on any atom is -0.385 e. The van der Waals surface area contributed by atoms with Crippen LogP contribution in [-0.2, 0) is 9.47 Å². The van der Waals surface area contributed by atoms with Crippen LogP contribution in [0.3, 0.4) is 0 Å². The van der Waals surface area contributed by atoms with Crippen molar-refractivity contribution in [3.05, 3.63) is 0 Å². The Morgan fingerprint density at radius 3 is 2.94 bits per heavy atom. The van der Waals surface area contributed by atoms with E-state index in [1.165, 1.54) is 24.3 Å². The lowest BCUT2D eigenvalue weighted by molar-refractivity contribution is -0.108. The fraction of sp³-hybridized carbons (Fsp3) is 1.00. The Hall–Kier alpha value is 0.190. The third-order valence-electron chi connectivity index (χ3n) is 4.35. The molecule has 2 rings (SSSR count). The van der Waals surface area contributed by atoms with Crippen LogP contribution in [0.25, 0.3) is 0 Å². The van der Waals surface area contributed by atoms with E-state index in [4.69, 9.17) is 15.3 Å². The van der Waals surface area contributed by atoms with Crippen LogP contribution < -0.4 is 11.3 Å². The highest BCUT2D eigenvalue weighted by atomic mass is 32.2. The molecule has 5 heteroatoms. The van der Waals surface area contributed by atoms with Gasteiger partial charge in [0.1, 0.15) is 0 Å². The van der Waals surface area contributed by atoms with Crippen LogP contribution in [0, 0.1) is 5.92 Å². The van der Waals surface area contributed by atoms with Gasteiger partial charge in [0.15, 0.2) is 0 Å². The Labute approximate surface area is 114 Å². The molecule has 0 aromatic heterocycles. The SMILES string of the molecule is COCCC(NN)C1CCOC2(CCSCC2)C1. The third-order valence-corrected chi connectivity index (χ3v) is 5.34. The van der Waals surface area contributed by atoms with Gasteiger partial charge in [-0.3, -0.25) is 11.3 Å². The summed E-state index contributed by atoms with van der Waals surface area (Å²) in [5.41, 5.74) is 3.14. The summed E-state index contributed by atoms with van der Waals surface area (Å²) in [5, 5.41) is 0. The topological polar surface area (TPSA) is 56.5 Å². The lowest BCUT2D eigenvalue weighted by Gasteiger charge is -2.45. The molecular formula is C13H26N2O2S. The summed E-state index contributed by atoms with van der Waals surface area (Å²) < 4.78 is 11.3. The van der Waals surface area contributed by atoms with Gasteiger partial charge in [-0.1, -0.05) is 0 Å². The molecule has 0 bridgehead atoms. The summed E-state index contributed by atoms with van der Waals surface area (Å²) >= 11 is 2.05. The molecule has 0 aliphatic carbocycles. The van der Waals surface area contributed by atoms with Crippen LogP contribution in [0.2, 0.25) is 0 Å². The summed E-state index contributed by atoms with van der Waals surface area (Å²) in [7, 11) is 1.75. The van der Waals surface area contributed by atoms with E-state index in [2.05, 4.69) is 17.2 Å². The van der Waals surface area contributed by atoms with Crippen molar-refractivity contribution in [2.75, 3.05) is 31.8 Å². The molecule has 0 aromatic rings. The highest BCUT2D eigenvalue weighted by molar-refractivity contribution is 7.99. The van der Waals surface area contributed by atoms with Crippen LogP contribution in [0.1, 0.15) is 32.1 Å². The minimum absolute atomic E-state index is 0.149. The van der Waals surface area contributed by atoms with Crippen molar-refractivity contribution in [3.63, 3.8) is 0 Å². The number of nitrogens with one attached hydrogen (secondary N) is 1. The summed E-state index contributed by atoms with van der Waals surface area (Å²) in [6.45, 7) is 1.66. The molecular weight excluding hydrogens is 248 g/mol. The highest BCUT2D eigenvalue weighted by Crippen LogP contribution is 2.40. The van der Waals surface area contributed by atoms with E-state index in [-0.39, 0.29) is 5.60 Å². The Balaban J connectivity index is 1.91. The van der Waals surface area contributed by atoms with Crippen LogP contribution >= 0.6 is 11.8 Å². The van der Waals surface area contributed by atoms with E-state index in [9.17, 15) is 0 Å². The van der Waals surface area contributed by atoms with Gasteiger partial charge >= 0.3 is 0 Å². The second-order valence-corrected chi connectivity index (χ2v) is 6.68. The van der Waals surface area contributed by atoms with Gasteiger partial charge in [0.25, 0.3) is 0 Å². The zero-order chi connectivity index (χ0) is 12.8. The molecule has 0 aromatic carbocycles. The molecule has 2 aliphatic heterocycles. The molecule has 3 N–H and O–H groups in total. The molecule has 4 nitrogen and oxygen atoms in total. The molecule has 2 heterocycles. The molecule has 2 fully saturated rings. The van der Waals surface area contributed by atoms with E-state index in [1.807, 2.05) is 0 Å². The van der Waals surface area contributed by atoms with Gasteiger partial charge < -0.3 is 9.47 Å². The summed E-state index contributed by atoms with van der Waals surface area (Å²) in [4.78, 5) is 0. The van der Waals surface area contributed by atoms with Crippen molar-refractivity contribution in [1.82, 2.24) is 5.43 Å². The molecule has 0 saturated carbocycles. The Morgan fingerprint density at radius 1 is 1.50 bits per heavy atom. The largest absolute Gasteiger partial charge is 0.385 e. The van der Waals surface area contributed by atoms with Gasteiger partial charge in [-0.2, -0.15) is 11.8 Å². The second-order valence-electron chi connectivity index (χ2n) is 5.45. The van der Waals surface area contributed by atoms with E-state index in [0.717, 1.165) is 32.5 Å². The van der Waals surface area contributed by atoms with Crippen LogP contribution in [0.4, 0.5) is 0 Å². The van der Waals surface area contributed by atoms with E-state index >= 15 is 0 Å². The fourth-order valence-corrected chi connectivity index (χ4v) is 4.44. The number of nitrogens with two attached hydrogens (primary N) is 1. The van der Waals surface area contributed by atoms with Crippen LogP contribution in [-0.4, -0.2) is 43.5 Å². The molecule has 2 unspecified atom stereocenters. The lowest BCUT2D eigenvalue weighted by atomic mass is 9.78. The maximum atomic E-state index is 6.12. The standard InChI is InChI=1S/C13H26N2O2S/c1-16-6-3-12(15-14)11-2-7-17-13(10-11)4-8-18-9-5-13/h11-12,15H,2-10,14H2,1H3. The first kappa shape index (κ1) is 14.6. The van der Waals surface area contributed by atoms with Gasteiger partial charge in [0.05, 0.1) is 5.60 Å². The van der Waals surface area contributed by atoms with Crippen LogP contribution in [0.15, 0.2) is 0 Å². The molecule has 18 heavy (non-hydrogen) atoms. The van der Waals surface area contributed by atoms with Gasteiger partial charge in [-0.15, -0.1) is 0 Å². The zero-order valence-corrected chi connectivity index (χ0v) is 12.1. The Morgan fingerprint density at radius 2 is 2.28 bits per heavy atom. The van der Waals surface area contributed by atoms with E-state index in [1.54, 1.807) is 7.11 Å². The summed E-state index contributed by atoms with van der Waals surface area (Å²) in [6.07, 6.45) is 5.67. The van der Waals surface area contributed by atoms with Gasteiger partial charge in [0, 0.05) is 26.4 Å². The molecule has 2 aliphatic rings. The third kappa shape index (κ3) is 3.61. The highest BCUT2D eigenvalue weighted by Gasteiger charge is 2.40. The van der Waals surface area contributed by atoms with Crippen molar-refractivity contribution in [3.8, 4) is 0 Å². The number of ether oxygens (including phenoxy) is 2. The van der Waals surface area contributed by atoms with Crippen LogP contribution in [0.5, 0.6) is 0 Å². The Bertz CT molecular complexity index is 242. The number of hydrazine groups is 1. The van der Waals surface area contributed by atoms with E-state index in [0.29, 0.717) is 12.0 Å². The zero-order valence-electron chi connectivity index (χ0n) is 11.3. The number of hydrogen-bond donors (Lipinski definition) is 2. The summed E-state index contributed by atoms with van der Waals surface area (Å²) in [6, 6.07) is 0.361. The molecule has 0 radical (unpaired) electrons. The first-order valence-corrected chi connectivity index (χ1v) is 8.12. The number of rotatable bonds is 5. The molecule has 2 atom stereocenters. The van der Waals surface area contributed by atoms with Crippen molar-refractivity contribution in [1.29, 1.82) is 0 Å². The Kier molecular flexibility index (Phi) is 5.76. The first-order valence-electron chi connectivity index (χ1n) is 6.96. The number of methoxy groups -OCH3 is 1. The quantitative estimate of drug-likeness (QED) is 0.588. The van der Waals surface area contributed by atoms with E-state index < -0.39 is 0 Å². The van der Waals surface area contributed by atoms with Crippen molar-refractivity contribution < 1.29 is 9.47 Å². The minimum atomic E-state index is 0.149. The lowest BCUT2D eigenvalue weighted by Crippen LogP contribution is -2.50. The average molecular weight is 274 g/mol. The fourth-order valence-electron chi connectivity index (χ4n) is 3.20. The number of hydrogen-bond acceptors (Lipinski definition) is 5. The molecule has 1 spiro atoms. The van der Waals surface area contributed by atoms with Crippen molar-refractivity contribution in [2.45, 2.75) is 43.7 Å². The first-order chi connectivity index (χ1) is 8.79. The molecule has 0 amide bonds. The summed E-state index contributed by atoms with van der Waals surface area (Å²) in [5.74, 6) is 8.82. The maximum absolute atomic E-state index is 6.12. The van der Waals surface area contributed by atoms with Gasteiger partial charge in [0.2, 0.25) is 0 Å². The average Bonchev–Trinajstić information content (AvgIpc) is 2.41. The second kappa shape index (κ2) is 7.10. The predicted octanol–water partition coefficient (Wildman–Crippen LogP) is 1.55. The normalized spacial score (nSPS) is 29.3. The van der Waals surface area contributed by atoms with Crippen molar-refractivity contribution in [2.24, 2.45) is 11.8 Å². The number of thioether (sulfide) groups is 1. The van der Waals surface area contributed by atoms with Crippen molar-refractivity contribution >= 4 is 11.8 Å². The monoisotopic (exact) mass is 274 g/mol. The predicted molar refractivity (Wildman–Crippen MR) is 75.6 cm³/mol. The smallest absolute Gasteiger partial charge is 0.0701 e. The van der Waals surface area contributed by atoms with Gasteiger partial charge in [-0.05, 0) is 49.5 Å². The molecule has 2 saturated heterocycles. The molecule has 106 valence electrons.